The first-order chi connectivity index (χ1) is 8.19. The van der Waals surface area contributed by atoms with E-state index >= 15 is 0 Å². The zero-order chi connectivity index (χ0) is 12.7. The Kier molecular flexibility index (Phi) is 5.86. The fourth-order valence-electron chi connectivity index (χ4n) is 1.53. The maximum Gasteiger partial charge on any atom is 0.217 e. The highest BCUT2D eigenvalue weighted by Crippen LogP contribution is 2.05. The summed E-state index contributed by atoms with van der Waals surface area (Å²) in [6, 6.07) is 0. The van der Waals surface area contributed by atoms with Gasteiger partial charge in [0.25, 0.3) is 0 Å². The normalized spacial score (nSPS) is 11.1. The highest BCUT2D eigenvalue weighted by Gasteiger charge is 2.18. The molecule has 0 aliphatic carbocycles. The van der Waals surface area contributed by atoms with Gasteiger partial charge in [-0.1, -0.05) is 0 Å². The van der Waals surface area contributed by atoms with Crippen LogP contribution in [0.2, 0.25) is 0 Å². The van der Waals surface area contributed by atoms with Crippen LogP contribution >= 0.6 is 0 Å². The molecule has 0 fully saturated rings. The lowest BCUT2D eigenvalue weighted by molar-refractivity contribution is -0.167. The van der Waals surface area contributed by atoms with Gasteiger partial charge in [-0.3, -0.25) is 4.79 Å². The fraction of sp³-hybridized carbons (Fsp3) is 0.667. The van der Waals surface area contributed by atoms with Crippen LogP contribution in [0.5, 0.6) is 0 Å². The van der Waals surface area contributed by atoms with Crippen LogP contribution in [0.1, 0.15) is 26.1 Å². The van der Waals surface area contributed by atoms with Crippen LogP contribution in [-0.2, 0) is 27.7 Å². The van der Waals surface area contributed by atoms with Crippen LogP contribution in [0.15, 0.2) is 12.4 Å². The molecule has 0 saturated carbocycles. The van der Waals surface area contributed by atoms with Crippen molar-refractivity contribution in [1.82, 2.24) is 9.55 Å². The lowest BCUT2D eigenvalue weighted by Gasteiger charge is -2.15. The van der Waals surface area contributed by atoms with Crippen molar-refractivity contribution in [2.45, 2.75) is 33.0 Å². The van der Waals surface area contributed by atoms with Crippen molar-refractivity contribution in [2.75, 3.05) is 13.2 Å². The molecule has 0 unspecified atom stereocenters. The molecule has 0 aliphatic heterocycles. The molecule has 17 heavy (non-hydrogen) atoms. The molecule has 0 saturated heterocycles. The second-order valence-electron chi connectivity index (χ2n) is 3.66. The van der Waals surface area contributed by atoms with Crippen LogP contribution in [0, 0.1) is 0 Å². The highest BCUT2D eigenvalue weighted by atomic mass is 16.7. The van der Waals surface area contributed by atoms with E-state index in [1.807, 2.05) is 31.7 Å². The minimum Gasteiger partial charge on any atom is -0.346 e. The molecule has 0 aliphatic rings. The molecule has 0 aromatic carbocycles. The van der Waals surface area contributed by atoms with Gasteiger partial charge in [-0.05, 0) is 13.8 Å². The van der Waals surface area contributed by atoms with Crippen LogP contribution < -0.4 is 0 Å². The van der Waals surface area contributed by atoms with Gasteiger partial charge in [-0.15, -0.1) is 0 Å². The van der Waals surface area contributed by atoms with Gasteiger partial charge < -0.3 is 14.0 Å². The Morgan fingerprint density at radius 2 is 2.06 bits per heavy atom. The number of aryl methyl sites for hydroxylation is 2. The number of carbonyl (C=O) groups excluding carboxylic acids is 1. The zero-order valence-electron chi connectivity index (χ0n) is 10.7. The number of nitrogens with zero attached hydrogens (tertiary/aromatic N) is 2. The maximum absolute atomic E-state index is 11.8. The summed E-state index contributed by atoms with van der Waals surface area (Å²) in [6.45, 7) is 4.63. The third-order valence-electron chi connectivity index (χ3n) is 2.41. The first kappa shape index (κ1) is 13.9. The molecule has 1 rings (SSSR count). The van der Waals surface area contributed by atoms with Gasteiger partial charge in [0.2, 0.25) is 6.29 Å². The van der Waals surface area contributed by atoms with Crippen molar-refractivity contribution in [3.63, 3.8) is 0 Å². The van der Waals surface area contributed by atoms with E-state index < -0.39 is 6.29 Å². The molecule has 0 radical (unpaired) electrons. The number of imidazole rings is 1. The summed E-state index contributed by atoms with van der Waals surface area (Å²) in [7, 11) is 1.91. The predicted octanol–water partition coefficient (Wildman–Crippen LogP) is 1.32. The van der Waals surface area contributed by atoms with Crippen molar-refractivity contribution in [2.24, 2.45) is 7.05 Å². The van der Waals surface area contributed by atoms with E-state index in [9.17, 15) is 4.79 Å². The van der Waals surface area contributed by atoms with E-state index in [0.29, 0.717) is 26.1 Å². The fourth-order valence-corrected chi connectivity index (χ4v) is 1.53. The molecular weight excluding hydrogens is 220 g/mol. The molecule has 0 spiro atoms. The Morgan fingerprint density at radius 3 is 2.53 bits per heavy atom. The molecule has 1 aromatic heterocycles. The number of ketones is 1. The van der Waals surface area contributed by atoms with Gasteiger partial charge in [-0.2, -0.15) is 0 Å². The average Bonchev–Trinajstić information content (AvgIpc) is 2.71. The van der Waals surface area contributed by atoms with Crippen LogP contribution in [0.25, 0.3) is 0 Å². The van der Waals surface area contributed by atoms with E-state index in [4.69, 9.17) is 9.47 Å². The minimum absolute atomic E-state index is 0.0308. The highest BCUT2D eigenvalue weighted by molar-refractivity contribution is 5.81. The summed E-state index contributed by atoms with van der Waals surface area (Å²) in [6.07, 6.45) is 3.85. The topological polar surface area (TPSA) is 53.4 Å². The van der Waals surface area contributed by atoms with E-state index in [2.05, 4.69) is 4.98 Å². The van der Waals surface area contributed by atoms with E-state index in [1.165, 1.54) is 0 Å². The van der Waals surface area contributed by atoms with Crippen molar-refractivity contribution >= 4 is 5.78 Å². The summed E-state index contributed by atoms with van der Waals surface area (Å²) in [4.78, 5) is 16.0. The van der Waals surface area contributed by atoms with Gasteiger partial charge in [0.1, 0.15) is 5.82 Å². The summed E-state index contributed by atoms with van der Waals surface area (Å²) >= 11 is 0. The molecule has 96 valence electrons. The van der Waals surface area contributed by atoms with Gasteiger partial charge >= 0.3 is 0 Å². The van der Waals surface area contributed by atoms with Crippen molar-refractivity contribution in [1.29, 1.82) is 0 Å². The van der Waals surface area contributed by atoms with Gasteiger partial charge in [-0.25, -0.2) is 4.98 Å². The summed E-state index contributed by atoms with van der Waals surface area (Å²) < 4.78 is 12.4. The number of ether oxygens (including phenoxy) is 2. The molecule has 0 N–H and O–H groups in total. The van der Waals surface area contributed by atoms with Gasteiger partial charge in [0.15, 0.2) is 5.78 Å². The molecular formula is C12H20N2O3. The molecule has 0 atom stereocenters. The van der Waals surface area contributed by atoms with Gasteiger partial charge in [0, 0.05) is 45.5 Å². The van der Waals surface area contributed by atoms with Crippen LogP contribution in [-0.4, -0.2) is 34.8 Å². The molecule has 0 amide bonds. The largest absolute Gasteiger partial charge is 0.346 e. The number of aromatic nitrogens is 2. The number of hydrogen-bond donors (Lipinski definition) is 0. The Labute approximate surface area is 102 Å². The summed E-state index contributed by atoms with van der Waals surface area (Å²) in [5.74, 6) is 0.863. The molecule has 1 aromatic rings. The lowest BCUT2D eigenvalue weighted by atomic mass is 10.2. The monoisotopic (exact) mass is 240 g/mol. The second-order valence-corrected chi connectivity index (χ2v) is 3.66. The first-order valence-corrected chi connectivity index (χ1v) is 5.91. The zero-order valence-corrected chi connectivity index (χ0v) is 10.7. The molecule has 0 bridgehead atoms. The van der Waals surface area contributed by atoms with Crippen LogP contribution in [0.3, 0.4) is 0 Å². The lowest BCUT2D eigenvalue weighted by Crippen LogP contribution is -2.28. The third kappa shape index (κ3) is 4.28. The standard InChI is InChI=1S/C12H20N2O3/c1-4-16-12(17-5-2)10(15)6-7-11-13-8-9-14(11)3/h8-9,12H,4-7H2,1-3H3. The Bertz CT molecular complexity index is 343. The number of rotatable bonds is 8. The summed E-state index contributed by atoms with van der Waals surface area (Å²) in [5.41, 5.74) is 0. The Hall–Kier alpha value is -1.20. The summed E-state index contributed by atoms with van der Waals surface area (Å²) in [5, 5.41) is 0. The smallest absolute Gasteiger partial charge is 0.217 e. The number of hydrogen-bond acceptors (Lipinski definition) is 4. The van der Waals surface area contributed by atoms with Crippen molar-refractivity contribution in [3.8, 4) is 0 Å². The second kappa shape index (κ2) is 7.19. The average molecular weight is 240 g/mol. The third-order valence-corrected chi connectivity index (χ3v) is 2.41. The van der Waals surface area contributed by atoms with Crippen molar-refractivity contribution < 1.29 is 14.3 Å². The predicted molar refractivity (Wildman–Crippen MR) is 63.6 cm³/mol. The van der Waals surface area contributed by atoms with E-state index in [1.54, 1.807) is 6.20 Å². The maximum atomic E-state index is 11.8. The first-order valence-electron chi connectivity index (χ1n) is 5.91. The van der Waals surface area contributed by atoms with E-state index in [-0.39, 0.29) is 5.78 Å². The molecule has 5 nitrogen and oxygen atoms in total. The van der Waals surface area contributed by atoms with Crippen molar-refractivity contribution in [3.05, 3.63) is 18.2 Å². The minimum atomic E-state index is -0.731. The SMILES string of the molecule is CCOC(OCC)C(=O)CCc1nccn1C. The quantitative estimate of drug-likeness (QED) is 0.643. The van der Waals surface area contributed by atoms with Crippen LogP contribution in [0.4, 0.5) is 0 Å². The molecule has 5 heteroatoms. The molecule has 1 heterocycles. The Morgan fingerprint density at radius 1 is 1.41 bits per heavy atom. The van der Waals surface area contributed by atoms with Gasteiger partial charge in [0.05, 0.1) is 0 Å². The van der Waals surface area contributed by atoms with E-state index in [0.717, 1.165) is 5.82 Å². The number of carbonyl (C=O) groups is 1. The Balaban J connectivity index is 2.44. The number of Topliss-reactive ketones (excluding diaryl/α,β-unsaturated/α-hetero) is 1.